The quantitative estimate of drug-likeness (QED) is 0.327. The minimum atomic E-state index is -0.668. The third-order valence-electron chi connectivity index (χ3n) is 7.02. The first-order chi connectivity index (χ1) is 18.9. The third-order valence-corrected chi connectivity index (χ3v) is 7.02. The van der Waals surface area contributed by atoms with Crippen LogP contribution in [0.25, 0.3) is 11.0 Å². The molecule has 2 saturated heterocycles. The number of rotatable bonds is 6. The second kappa shape index (κ2) is 11.5. The van der Waals surface area contributed by atoms with Gasteiger partial charge in [0.1, 0.15) is 23.2 Å². The molecule has 2 fully saturated rings. The molecule has 39 heavy (non-hydrogen) atoms. The average molecular weight is 532 g/mol. The van der Waals surface area contributed by atoms with Crippen LogP contribution >= 0.6 is 0 Å². The largest absolute Gasteiger partial charge is 0.461 e. The predicted molar refractivity (Wildman–Crippen MR) is 148 cm³/mol. The number of nitrogens with two attached hydrogens (primary N) is 1. The first-order valence-electron chi connectivity index (χ1n) is 13.3. The van der Waals surface area contributed by atoms with Crippen LogP contribution in [0, 0.1) is 6.92 Å². The number of benzene rings is 1. The van der Waals surface area contributed by atoms with E-state index in [2.05, 4.69) is 15.6 Å². The Morgan fingerprint density at radius 3 is 2.62 bits per heavy atom. The summed E-state index contributed by atoms with van der Waals surface area (Å²) in [5.41, 5.74) is 7.14. The highest BCUT2D eigenvalue weighted by Gasteiger charge is 2.30. The first kappa shape index (κ1) is 26.2. The van der Waals surface area contributed by atoms with Gasteiger partial charge in [0.05, 0.1) is 12.1 Å². The number of amides is 3. The number of furan rings is 1. The van der Waals surface area contributed by atoms with E-state index in [1.165, 1.54) is 6.20 Å². The Hall–Kier alpha value is -4.41. The Morgan fingerprint density at radius 1 is 1.08 bits per heavy atom. The fraction of sp³-hybridized carbons (Fsp3) is 0.393. The number of aryl methyl sites for hydroxylation is 1. The molecule has 3 amide bonds. The van der Waals surface area contributed by atoms with Gasteiger partial charge < -0.3 is 30.6 Å². The monoisotopic (exact) mass is 531 g/mol. The van der Waals surface area contributed by atoms with Gasteiger partial charge >= 0.3 is 0 Å². The predicted octanol–water partition coefficient (Wildman–Crippen LogP) is 3.12. The number of nitrogens with one attached hydrogen (secondary N) is 2. The van der Waals surface area contributed by atoms with Crippen LogP contribution < -0.4 is 16.4 Å². The number of anilines is 2. The van der Waals surface area contributed by atoms with Gasteiger partial charge in [-0.2, -0.15) is 0 Å². The topological polar surface area (TPSA) is 146 Å². The summed E-state index contributed by atoms with van der Waals surface area (Å²) in [6, 6.07) is 10.1. The summed E-state index contributed by atoms with van der Waals surface area (Å²) in [5.74, 6) is 0.801. The molecule has 0 bridgehead atoms. The molecule has 4 heterocycles. The molecule has 0 spiro atoms. The fourth-order valence-electron chi connectivity index (χ4n) is 4.97. The Balaban J connectivity index is 1.40. The van der Waals surface area contributed by atoms with Crippen molar-refractivity contribution in [3.63, 3.8) is 0 Å². The van der Waals surface area contributed by atoms with Gasteiger partial charge in [-0.05, 0) is 75.4 Å². The number of primary amides is 1. The summed E-state index contributed by atoms with van der Waals surface area (Å²) in [4.78, 5) is 50.3. The molecule has 0 radical (unpaired) electrons. The molecule has 5 rings (SSSR count). The van der Waals surface area contributed by atoms with E-state index in [0.29, 0.717) is 24.7 Å². The lowest BCUT2D eigenvalue weighted by atomic mass is 10.1. The summed E-state index contributed by atoms with van der Waals surface area (Å²) in [7, 11) is 0. The van der Waals surface area contributed by atoms with Crippen molar-refractivity contribution < 1.29 is 18.8 Å². The summed E-state index contributed by atoms with van der Waals surface area (Å²) in [6.45, 7) is 4.01. The highest BCUT2D eigenvalue weighted by molar-refractivity contribution is 6.05. The second-order valence-electron chi connectivity index (χ2n) is 9.99. The molecule has 11 nitrogen and oxygen atoms in total. The molecule has 2 aromatic heterocycles. The van der Waals surface area contributed by atoms with Gasteiger partial charge in [0, 0.05) is 36.9 Å². The minimum absolute atomic E-state index is 0.00981. The van der Waals surface area contributed by atoms with Gasteiger partial charge in [0.25, 0.3) is 0 Å². The third kappa shape index (κ3) is 6.36. The zero-order chi connectivity index (χ0) is 27.4. The number of hydrogen-bond acceptors (Lipinski definition) is 6. The number of aliphatic imine (C=N–C) groups is 1. The van der Waals surface area contributed by atoms with Crippen LogP contribution in [-0.4, -0.2) is 70.7 Å². The van der Waals surface area contributed by atoms with Crippen LogP contribution in [-0.2, 0) is 9.59 Å². The molecular formula is C28H33N7O4. The summed E-state index contributed by atoms with van der Waals surface area (Å²) < 4.78 is 5.68. The van der Waals surface area contributed by atoms with Crippen molar-refractivity contribution in [2.75, 3.05) is 36.8 Å². The number of nitrogens with zero attached hydrogens (tertiary/aromatic N) is 4. The van der Waals surface area contributed by atoms with Crippen LogP contribution in [0.1, 0.15) is 48.2 Å². The molecule has 1 atom stereocenters. The van der Waals surface area contributed by atoms with E-state index in [0.717, 1.165) is 61.2 Å². The lowest BCUT2D eigenvalue weighted by Crippen LogP contribution is -2.45. The van der Waals surface area contributed by atoms with E-state index in [9.17, 15) is 14.4 Å². The molecule has 0 aliphatic carbocycles. The number of fused-ring (bicyclic) bond motifs is 1. The van der Waals surface area contributed by atoms with Gasteiger partial charge in [0.15, 0.2) is 0 Å². The average Bonchev–Trinajstić information content (AvgIpc) is 3.55. The maximum Gasteiger partial charge on any atom is 0.250 e. The number of carbonyl (C=O) groups excluding carboxylic acids is 3. The second-order valence-corrected chi connectivity index (χ2v) is 9.99. The normalized spacial score (nSPS) is 18.3. The van der Waals surface area contributed by atoms with Crippen molar-refractivity contribution in [3.05, 3.63) is 53.9 Å². The fourth-order valence-corrected chi connectivity index (χ4v) is 4.97. The number of pyridine rings is 1. The van der Waals surface area contributed by atoms with Crippen molar-refractivity contribution in [3.8, 4) is 0 Å². The molecule has 2 aliphatic rings. The Labute approximate surface area is 226 Å². The molecular weight excluding hydrogens is 498 g/mol. The Bertz CT molecular complexity index is 1390. The number of carbonyl (C=O) groups is 3. The van der Waals surface area contributed by atoms with Crippen LogP contribution in [0.3, 0.4) is 0 Å². The molecule has 0 unspecified atom stereocenters. The van der Waals surface area contributed by atoms with E-state index in [1.807, 2.05) is 36.1 Å². The van der Waals surface area contributed by atoms with Crippen LogP contribution in [0.5, 0.6) is 0 Å². The van der Waals surface area contributed by atoms with Gasteiger partial charge in [-0.15, -0.1) is 0 Å². The number of hydrogen-bond donors (Lipinski definition) is 3. The van der Waals surface area contributed by atoms with Gasteiger partial charge in [-0.1, -0.05) is 0 Å². The number of guanidine groups is 1. The molecule has 0 saturated carbocycles. The number of likely N-dealkylation sites (tertiary alicyclic amines) is 2. The summed E-state index contributed by atoms with van der Waals surface area (Å²) in [5, 5.41) is 7.35. The van der Waals surface area contributed by atoms with E-state index in [4.69, 9.17) is 15.1 Å². The molecule has 3 aromatic rings. The molecule has 1 aromatic carbocycles. The zero-order valence-corrected chi connectivity index (χ0v) is 22.0. The maximum atomic E-state index is 13.5. The van der Waals surface area contributed by atoms with Crippen molar-refractivity contribution in [1.29, 1.82) is 0 Å². The van der Waals surface area contributed by atoms with Crippen molar-refractivity contribution in [2.45, 2.75) is 45.1 Å². The van der Waals surface area contributed by atoms with Crippen molar-refractivity contribution >= 4 is 46.2 Å². The summed E-state index contributed by atoms with van der Waals surface area (Å²) in [6.07, 6.45) is 5.58. The van der Waals surface area contributed by atoms with E-state index < -0.39 is 11.9 Å². The standard InChI is InChI=1S/C28H33N7O4/c1-18-14-20-15-21(8-9-23(20)39-18)31-28(33-24-10-7-19(16-30-24)26(29)37)32-22-6-2-3-13-35(27(22)38)17-25(36)34-11-4-5-12-34/h7-10,14-16,22H,2-6,11-13,17H2,1H3,(H2,29,37)(H2,30,31,32,33)/t22-/m0/s1. The van der Waals surface area contributed by atoms with E-state index >= 15 is 0 Å². The Kier molecular flexibility index (Phi) is 7.76. The smallest absolute Gasteiger partial charge is 0.250 e. The molecule has 204 valence electrons. The molecule has 4 N–H and O–H groups in total. The van der Waals surface area contributed by atoms with E-state index in [1.54, 1.807) is 17.0 Å². The van der Waals surface area contributed by atoms with Gasteiger partial charge in [-0.25, -0.2) is 9.98 Å². The SMILES string of the molecule is Cc1cc2cc(NC(=N[C@H]3CCCCN(CC(=O)N4CCCC4)C3=O)Nc3ccc(C(N)=O)cn3)ccc2o1. The first-order valence-corrected chi connectivity index (χ1v) is 13.3. The van der Waals surface area contributed by atoms with Gasteiger partial charge in [-0.3, -0.25) is 14.4 Å². The van der Waals surface area contributed by atoms with Crippen LogP contribution in [0.2, 0.25) is 0 Å². The highest BCUT2D eigenvalue weighted by Crippen LogP contribution is 2.23. The van der Waals surface area contributed by atoms with Gasteiger partial charge in [0.2, 0.25) is 23.7 Å². The highest BCUT2D eigenvalue weighted by atomic mass is 16.3. The molecule has 11 heteroatoms. The van der Waals surface area contributed by atoms with Crippen LogP contribution in [0.15, 0.2) is 52.0 Å². The summed E-state index contributed by atoms with van der Waals surface area (Å²) >= 11 is 0. The lowest BCUT2D eigenvalue weighted by molar-refractivity contribution is -0.140. The Morgan fingerprint density at radius 2 is 1.87 bits per heavy atom. The minimum Gasteiger partial charge on any atom is -0.461 e. The van der Waals surface area contributed by atoms with E-state index in [-0.39, 0.29) is 23.9 Å². The van der Waals surface area contributed by atoms with Crippen molar-refractivity contribution in [1.82, 2.24) is 14.8 Å². The number of aromatic nitrogens is 1. The maximum absolute atomic E-state index is 13.5. The zero-order valence-electron chi connectivity index (χ0n) is 22.0. The molecule has 2 aliphatic heterocycles. The van der Waals surface area contributed by atoms with Crippen molar-refractivity contribution in [2.24, 2.45) is 10.7 Å². The van der Waals surface area contributed by atoms with Crippen LogP contribution in [0.4, 0.5) is 11.5 Å². The lowest BCUT2D eigenvalue weighted by Gasteiger charge is -2.25.